The van der Waals surface area contributed by atoms with Gasteiger partial charge < -0.3 is 15.4 Å². The van der Waals surface area contributed by atoms with Crippen molar-refractivity contribution in [1.29, 1.82) is 0 Å². The summed E-state index contributed by atoms with van der Waals surface area (Å²) in [6, 6.07) is 16.0. The number of aromatic nitrogens is 1. The molecule has 0 atom stereocenters. The number of nitrogen functional groups attached to an aromatic ring is 1. The van der Waals surface area contributed by atoms with Gasteiger partial charge in [-0.25, -0.2) is 0 Å². The molecule has 4 nitrogen and oxygen atoms in total. The Morgan fingerprint density at radius 2 is 1.86 bits per heavy atom. The second kappa shape index (κ2) is 5.56. The van der Waals surface area contributed by atoms with Gasteiger partial charge in [0.05, 0.1) is 24.0 Å². The van der Waals surface area contributed by atoms with Crippen LogP contribution >= 0.6 is 0 Å². The summed E-state index contributed by atoms with van der Waals surface area (Å²) in [4.78, 5) is 6.70. The quantitative estimate of drug-likeness (QED) is 0.744. The number of hydrogen-bond donors (Lipinski definition) is 1. The molecule has 3 rings (SSSR count). The van der Waals surface area contributed by atoms with Crippen molar-refractivity contribution in [3.63, 3.8) is 0 Å². The molecule has 112 valence electrons. The van der Waals surface area contributed by atoms with E-state index in [0.717, 1.165) is 28.0 Å². The summed E-state index contributed by atoms with van der Waals surface area (Å²) in [6.07, 6.45) is 0. The lowest BCUT2D eigenvalue weighted by atomic mass is 10.1. The smallest absolute Gasteiger partial charge is 0.141 e. The van der Waals surface area contributed by atoms with Gasteiger partial charge in [0.1, 0.15) is 5.75 Å². The van der Waals surface area contributed by atoms with Crippen molar-refractivity contribution in [1.82, 2.24) is 4.98 Å². The molecule has 0 amide bonds. The Kier molecular flexibility index (Phi) is 3.59. The first-order valence-corrected chi connectivity index (χ1v) is 7.14. The van der Waals surface area contributed by atoms with E-state index in [4.69, 9.17) is 10.5 Å². The van der Waals surface area contributed by atoms with E-state index in [1.54, 1.807) is 7.11 Å². The van der Waals surface area contributed by atoms with Crippen molar-refractivity contribution in [3.05, 3.63) is 54.2 Å². The molecule has 4 heteroatoms. The van der Waals surface area contributed by atoms with Gasteiger partial charge in [-0.2, -0.15) is 0 Å². The number of aryl methyl sites for hydroxylation is 1. The van der Waals surface area contributed by atoms with Crippen LogP contribution in [-0.4, -0.2) is 19.1 Å². The number of ether oxygens (including phenoxy) is 1. The van der Waals surface area contributed by atoms with E-state index in [2.05, 4.69) is 22.0 Å². The van der Waals surface area contributed by atoms with Gasteiger partial charge in [-0.3, -0.25) is 4.98 Å². The highest BCUT2D eigenvalue weighted by Crippen LogP contribution is 2.34. The molecule has 1 heterocycles. The number of hydrogen-bond acceptors (Lipinski definition) is 4. The summed E-state index contributed by atoms with van der Waals surface area (Å²) in [5, 5.41) is 1.12. The molecule has 1 aromatic heterocycles. The van der Waals surface area contributed by atoms with Crippen LogP contribution in [-0.2, 0) is 0 Å². The van der Waals surface area contributed by atoms with E-state index >= 15 is 0 Å². The molecule has 3 aromatic rings. The zero-order chi connectivity index (χ0) is 15.7. The van der Waals surface area contributed by atoms with Crippen LogP contribution in [0.1, 0.15) is 5.69 Å². The number of rotatable bonds is 3. The van der Waals surface area contributed by atoms with Crippen LogP contribution in [0.4, 0.5) is 17.1 Å². The van der Waals surface area contributed by atoms with Gasteiger partial charge in [-0.05, 0) is 37.3 Å². The molecule has 2 aromatic carbocycles. The summed E-state index contributed by atoms with van der Waals surface area (Å²) in [7, 11) is 3.65. The van der Waals surface area contributed by atoms with E-state index in [-0.39, 0.29) is 0 Å². The maximum absolute atomic E-state index is 6.03. The maximum atomic E-state index is 6.03. The largest absolute Gasteiger partial charge is 0.495 e. The second-order valence-electron chi connectivity index (χ2n) is 5.29. The van der Waals surface area contributed by atoms with Crippen molar-refractivity contribution in [3.8, 4) is 5.75 Å². The average Bonchev–Trinajstić information content (AvgIpc) is 2.53. The number of para-hydroxylation sites is 1. The van der Waals surface area contributed by atoms with Crippen molar-refractivity contribution >= 4 is 28.0 Å². The predicted molar refractivity (Wildman–Crippen MR) is 91.9 cm³/mol. The standard InChI is InChI=1S/C18H19N3O/c1-12-10-17(14-6-4-5-7-16(14)20-12)21(2)13-8-9-18(22-3)15(19)11-13/h4-11H,19H2,1-3H3. The first-order valence-electron chi connectivity index (χ1n) is 7.14. The van der Waals surface area contributed by atoms with Gasteiger partial charge in [0.15, 0.2) is 0 Å². The van der Waals surface area contributed by atoms with Crippen LogP contribution in [0.2, 0.25) is 0 Å². The van der Waals surface area contributed by atoms with E-state index in [1.165, 1.54) is 0 Å². The molecular weight excluding hydrogens is 274 g/mol. The lowest BCUT2D eigenvalue weighted by Gasteiger charge is -2.22. The Morgan fingerprint density at radius 1 is 1.09 bits per heavy atom. The van der Waals surface area contributed by atoms with Crippen LogP contribution < -0.4 is 15.4 Å². The topological polar surface area (TPSA) is 51.4 Å². The molecule has 0 aliphatic rings. The molecule has 0 aliphatic heterocycles. The summed E-state index contributed by atoms with van der Waals surface area (Å²) < 4.78 is 5.22. The number of anilines is 3. The molecule has 22 heavy (non-hydrogen) atoms. The molecule has 0 radical (unpaired) electrons. The summed E-state index contributed by atoms with van der Waals surface area (Å²) in [5.41, 5.74) is 10.7. The molecule has 0 fully saturated rings. The highest BCUT2D eigenvalue weighted by Gasteiger charge is 2.11. The Balaban J connectivity index is 2.12. The SMILES string of the molecule is COc1ccc(N(C)c2cc(C)nc3ccccc23)cc1N. The van der Waals surface area contributed by atoms with Gasteiger partial charge >= 0.3 is 0 Å². The van der Waals surface area contributed by atoms with Crippen molar-refractivity contribution < 1.29 is 4.74 Å². The minimum absolute atomic E-state index is 0.627. The first kappa shape index (κ1) is 14.2. The summed E-state index contributed by atoms with van der Waals surface area (Å²) in [6.45, 7) is 2.01. The van der Waals surface area contributed by atoms with Crippen molar-refractivity contribution in [2.45, 2.75) is 6.92 Å². The molecule has 0 spiro atoms. The number of benzene rings is 2. The fourth-order valence-corrected chi connectivity index (χ4v) is 2.63. The third kappa shape index (κ3) is 2.44. The highest BCUT2D eigenvalue weighted by molar-refractivity contribution is 5.94. The van der Waals surface area contributed by atoms with E-state index in [0.29, 0.717) is 11.4 Å². The molecule has 2 N–H and O–H groups in total. The minimum atomic E-state index is 0.627. The number of methoxy groups -OCH3 is 1. The fourth-order valence-electron chi connectivity index (χ4n) is 2.63. The summed E-state index contributed by atoms with van der Waals surface area (Å²) in [5.74, 6) is 0.688. The van der Waals surface area contributed by atoms with E-state index in [9.17, 15) is 0 Å². The molecular formula is C18H19N3O. The number of pyridine rings is 1. The average molecular weight is 293 g/mol. The first-order chi connectivity index (χ1) is 10.6. The second-order valence-corrected chi connectivity index (χ2v) is 5.29. The van der Waals surface area contributed by atoms with Gasteiger partial charge in [-0.1, -0.05) is 18.2 Å². The Hall–Kier alpha value is -2.75. The number of fused-ring (bicyclic) bond motifs is 1. The van der Waals surface area contributed by atoms with Gasteiger partial charge in [0.2, 0.25) is 0 Å². The Bertz CT molecular complexity index is 830. The molecule has 0 saturated carbocycles. The minimum Gasteiger partial charge on any atom is -0.495 e. The van der Waals surface area contributed by atoms with Crippen molar-refractivity contribution in [2.75, 3.05) is 24.8 Å². The van der Waals surface area contributed by atoms with Gasteiger partial charge in [0, 0.05) is 23.8 Å². The van der Waals surface area contributed by atoms with E-state index in [1.807, 2.05) is 50.4 Å². The van der Waals surface area contributed by atoms with E-state index < -0.39 is 0 Å². The highest BCUT2D eigenvalue weighted by atomic mass is 16.5. The summed E-state index contributed by atoms with van der Waals surface area (Å²) >= 11 is 0. The third-order valence-electron chi connectivity index (χ3n) is 3.78. The fraction of sp³-hybridized carbons (Fsp3) is 0.167. The van der Waals surface area contributed by atoms with Crippen LogP contribution in [0.5, 0.6) is 5.75 Å². The van der Waals surface area contributed by atoms with Crippen LogP contribution in [0.25, 0.3) is 10.9 Å². The van der Waals surface area contributed by atoms with Gasteiger partial charge in [0.25, 0.3) is 0 Å². The maximum Gasteiger partial charge on any atom is 0.141 e. The Labute approximate surface area is 130 Å². The predicted octanol–water partition coefficient (Wildman–Crippen LogP) is 3.90. The number of nitrogens with zero attached hydrogens (tertiary/aromatic N) is 2. The van der Waals surface area contributed by atoms with Crippen molar-refractivity contribution in [2.24, 2.45) is 0 Å². The van der Waals surface area contributed by atoms with Crippen LogP contribution in [0.3, 0.4) is 0 Å². The zero-order valence-electron chi connectivity index (χ0n) is 13.0. The monoisotopic (exact) mass is 293 g/mol. The normalized spacial score (nSPS) is 10.7. The lowest BCUT2D eigenvalue weighted by molar-refractivity contribution is 0.417. The molecule has 0 unspecified atom stereocenters. The molecule has 0 aliphatic carbocycles. The lowest BCUT2D eigenvalue weighted by Crippen LogP contribution is -2.11. The Morgan fingerprint density at radius 3 is 2.59 bits per heavy atom. The zero-order valence-corrected chi connectivity index (χ0v) is 13.0. The molecule has 0 saturated heterocycles. The van der Waals surface area contributed by atoms with Crippen LogP contribution in [0.15, 0.2) is 48.5 Å². The van der Waals surface area contributed by atoms with Gasteiger partial charge in [-0.15, -0.1) is 0 Å². The third-order valence-corrected chi connectivity index (χ3v) is 3.78. The molecule has 0 bridgehead atoms. The van der Waals surface area contributed by atoms with Crippen LogP contribution in [0, 0.1) is 6.92 Å². The number of nitrogens with two attached hydrogens (primary N) is 1.